The normalized spacial score (nSPS) is 16.7. The van der Waals surface area contributed by atoms with Crippen LogP contribution in [0, 0.1) is 6.92 Å². The highest BCUT2D eigenvalue weighted by Crippen LogP contribution is 2.31. The molecule has 1 saturated heterocycles. The highest BCUT2D eigenvalue weighted by atomic mass is 16.2. The van der Waals surface area contributed by atoms with E-state index in [1.807, 2.05) is 24.0 Å². The Morgan fingerprint density at radius 2 is 2.04 bits per heavy atom. The quantitative estimate of drug-likeness (QED) is 0.917. The number of amides is 2. The Morgan fingerprint density at radius 3 is 2.68 bits per heavy atom. The number of nitrogens with one attached hydrogen (secondary N) is 1. The van der Waals surface area contributed by atoms with E-state index in [-0.39, 0.29) is 17.9 Å². The maximum Gasteiger partial charge on any atom is 0.274 e. The Hall–Kier alpha value is -2.83. The zero-order valence-electron chi connectivity index (χ0n) is 14.4. The van der Waals surface area contributed by atoms with Crippen molar-refractivity contribution in [3.63, 3.8) is 0 Å². The minimum absolute atomic E-state index is 0.0505. The van der Waals surface area contributed by atoms with Gasteiger partial charge in [0.25, 0.3) is 5.91 Å². The summed E-state index contributed by atoms with van der Waals surface area (Å²) in [6, 6.07) is 3.81. The van der Waals surface area contributed by atoms with Crippen LogP contribution in [0.3, 0.4) is 0 Å². The van der Waals surface area contributed by atoms with E-state index in [1.54, 1.807) is 12.4 Å². The van der Waals surface area contributed by atoms with Gasteiger partial charge in [-0.25, -0.2) is 4.98 Å². The van der Waals surface area contributed by atoms with Crippen molar-refractivity contribution in [1.82, 2.24) is 25.2 Å². The fourth-order valence-electron chi connectivity index (χ4n) is 2.93. The molecule has 7 nitrogen and oxygen atoms in total. The van der Waals surface area contributed by atoms with Crippen molar-refractivity contribution in [2.24, 2.45) is 0 Å². The number of nitrogens with zero attached hydrogens (tertiary/aromatic N) is 4. The number of carbonyl (C=O) groups is 2. The third-order valence-electron chi connectivity index (χ3n) is 4.24. The van der Waals surface area contributed by atoms with Gasteiger partial charge in [0, 0.05) is 32.4 Å². The lowest BCUT2D eigenvalue weighted by atomic mass is 10.1. The van der Waals surface area contributed by atoms with Gasteiger partial charge in [-0.15, -0.1) is 0 Å². The van der Waals surface area contributed by atoms with E-state index in [0.717, 1.165) is 29.8 Å². The van der Waals surface area contributed by atoms with E-state index < -0.39 is 0 Å². The second-order valence-corrected chi connectivity index (χ2v) is 6.20. The first-order chi connectivity index (χ1) is 12.0. The lowest BCUT2D eigenvalue weighted by Crippen LogP contribution is -2.31. The van der Waals surface area contributed by atoms with Crippen LogP contribution in [0.5, 0.6) is 0 Å². The van der Waals surface area contributed by atoms with Gasteiger partial charge in [-0.05, 0) is 31.4 Å². The van der Waals surface area contributed by atoms with E-state index in [4.69, 9.17) is 0 Å². The summed E-state index contributed by atoms with van der Waals surface area (Å²) >= 11 is 0. The summed E-state index contributed by atoms with van der Waals surface area (Å²) in [7, 11) is 0. The van der Waals surface area contributed by atoms with Crippen LogP contribution in [0.2, 0.25) is 0 Å². The molecule has 1 atom stereocenters. The number of pyridine rings is 1. The van der Waals surface area contributed by atoms with E-state index in [1.165, 1.54) is 13.1 Å². The molecule has 1 aliphatic rings. The molecule has 0 bridgehead atoms. The molecule has 1 fully saturated rings. The molecule has 2 amide bonds. The number of aromatic nitrogens is 3. The van der Waals surface area contributed by atoms with Gasteiger partial charge >= 0.3 is 0 Å². The largest absolute Gasteiger partial charge is 0.352 e. The molecule has 0 aliphatic carbocycles. The molecule has 1 aliphatic heterocycles. The molecule has 25 heavy (non-hydrogen) atoms. The number of aryl methyl sites for hydroxylation is 1. The van der Waals surface area contributed by atoms with Crippen LogP contribution in [0.4, 0.5) is 0 Å². The molecule has 7 heteroatoms. The van der Waals surface area contributed by atoms with E-state index in [2.05, 4.69) is 20.3 Å². The summed E-state index contributed by atoms with van der Waals surface area (Å²) in [5.41, 5.74) is 2.93. The predicted molar refractivity (Wildman–Crippen MR) is 91.5 cm³/mol. The molecule has 0 radical (unpaired) electrons. The Labute approximate surface area is 146 Å². The molecule has 2 aromatic heterocycles. The average Bonchev–Trinajstić information content (AvgIpc) is 3.10. The van der Waals surface area contributed by atoms with E-state index in [0.29, 0.717) is 18.8 Å². The zero-order chi connectivity index (χ0) is 17.8. The molecule has 1 N–H and O–H groups in total. The second kappa shape index (κ2) is 7.38. The summed E-state index contributed by atoms with van der Waals surface area (Å²) in [4.78, 5) is 38.4. The molecular weight excluding hydrogens is 318 g/mol. The van der Waals surface area contributed by atoms with Crippen LogP contribution >= 0.6 is 0 Å². The van der Waals surface area contributed by atoms with Crippen molar-refractivity contribution in [3.05, 3.63) is 53.4 Å². The minimum Gasteiger partial charge on any atom is -0.352 e. The maximum absolute atomic E-state index is 12.7. The number of rotatable bonds is 4. The molecule has 3 heterocycles. The molecular formula is C18H21N5O2. The summed E-state index contributed by atoms with van der Waals surface area (Å²) in [5.74, 6) is -0.185. The maximum atomic E-state index is 12.7. The fraction of sp³-hybridized carbons (Fsp3) is 0.389. The van der Waals surface area contributed by atoms with Crippen molar-refractivity contribution in [2.45, 2.75) is 39.3 Å². The van der Waals surface area contributed by atoms with Crippen LogP contribution in [-0.2, 0) is 11.3 Å². The van der Waals surface area contributed by atoms with E-state index in [9.17, 15) is 9.59 Å². The number of carbonyl (C=O) groups excluding carboxylic acids is 2. The topological polar surface area (TPSA) is 88.1 Å². The first-order valence-electron chi connectivity index (χ1n) is 8.33. The molecule has 0 unspecified atom stereocenters. The van der Waals surface area contributed by atoms with Crippen molar-refractivity contribution in [3.8, 4) is 0 Å². The third kappa shape index (κ3) is 3.99. The zero-order valence-corrected chi connectivity index (χ0v) is 14.4. The van der Waals surface area contributed by atoms with Gasteiger partial charge in [-0.1, -0.05) is 6.07 Å². The van der Waals surface area contributed by atoms with Gasteiger partial charge in [0.05, 0.1) is 23.6 Å². The van der Waals surface area contributed by atoms with Gasteiger partial charge in [-0.2, -0.15) is 0 Å². The standard InChI is InChI=1S/C18H21N5O2/c1-12-8-21-16(11-19-12)18(25)23-7-3-4-17(23)15-6-5-14(10-22-15)9-20-13(2)24/h5-6,8,10-11,17H,3-4,7,9H2,1-2H3,(H,20,24)/t17-/m0/s1. The minimum atomic E-state index is -0.112. The van der Waals surface area contributed by atoms with Crippen LogP contribution in [0.1, 0.15) is 53.2 Å². The van der Waals surface area contributed by atoms with E-state index >= 15 is 0 Å². The number of hydrogen-bond donors (Lipinski definition) is 1. The Bertz CT molecular complexity index is 758. The fourth-order valence-corrected chi connectivity index (χ4v) is 2.93. The monoisotopic (exact) mass is 339 g/mol. The Morgan fingerprint density at radius 1 is 1.20 bits per heavy atom. The highest BCUT2D eigenvalue weighted by Gasteiger charge is 2.32. The van der Waals surface area contributed by atoms with Crippen molar-refractivity contribution in [1.29, 1.82) is 0 Å². The molecule has 0 aromatic carbocycles. The smallest absolute Gasteiger partial charge is 0.274 e. The summed E-state index contributed by atoms with van der Waals surface area (Å²) in [6.07, 6.45) is 6.69. The molecule has 0 saturated carbocycles. The van der Waals surface area contributed by atoms with Gasteiger partial charge in [0.15, 0.2) is 0 Å². The van der Waals surface area contributed by atoms with Crippen molar-refractivity contribution >= 4 is 11.8 Å². The van der Waals surface area contributed by atoms with Crippen molar-refractivity contribution < 1.29 is 9.59 Å². The molecule has 2 aromatic rings. The lowest BCUT2D eigenvalue weighted by Gasteiger charge is -2.24. The number of likely N-dealkylation sites (tertiary alicyclic amines) is 1. The van der Waals surface area contributed by atoms with Gasteiger partial charge in [0.1, 0.15) is 5.69 Å². The molecule has 3 rings (SSSR count). The molecule has 130 valence electrons. The third-order valence-corrected chi connectivity index (χ3v) is 4.24. The average molecular weight is 339 g/mol. The lowest BCUT2D eigenvalue weighted by molar-refractivity contribution is -0.119. The summed E-state index contributed by atoms with van der Waals surface area (Å²) in [6.45, 7) is 4.47. The SMILES string of the molecule is CC(=O)NCc1ccc([C@@H]2CCCN2C(=O)c2cnc(C)cn2)nc1. The highest BCUT2D eigenvalue weighted by molar-refractivity contribution is 5.92. The van der Waals surface area contributed by atoms with Crippen LogP contribution < -0.4 is 5.32 Å². The molecule has 0 spiro atoms. The van der Waals surface area contributed by atoms with Gasteiger partial charge < -0.3 is 10.2 Å². The Kier molecular flexibility index (Phi) is 5.02. The first kappa shape index (κ1) is 17.0. The van der Waals surface area contributed by atoms with Crippen LogP contribution in [0.15, 0.2) is 30.7 Å². The van der Waals surface area contributed by atoms with Crippen LogP contribution in [-0.4, -0.2) is 38.2 Å². The predicted octanol–water partition coefficient (Wildman–Crippen LogP) is 1.79. The van der Waals surface area contributed by atoms with Crippen molar-refractivity contribution in [2.75, 3.05) is 6.54 Å². The Balaban J connectivity index is 1.73. The number of hydrogen-bond acceptors (Lipinski definition) is 5. The summed E-state index contributed by atoms with van der Waals surface area (Å²) in [5, 5.41) is 2.75. The first-order valence-corrected chi connectivity index (χ1v) is 8.33. The van der Waals surface area contributed by atoms with Gasteiger partial charge in [0.2, 0.25) is 5.91 Å². The van der Waals surface area contributed by atoms with Gasteiger partial charge in [-0.3, -0.25) is 19.6 Å². The summed E-state index contributed by atoms with van der Waals surface area (Å²) < 4.78 is 0. The van der Waals surface area contributed by atoms with Crippen LogP contribution in [0.25, 0.3) is 0 Å². The second-order valence-electron chi connectivity index (χ2n) is 6.20.